The maximum atomic E-state index is 12.1. The highest BCUT2D eigenvalue weighted by Crippen LogP contribution is 2.33. The van der Waals surface area contributed by atoms with E-state index in [-0.39, 0.29) is 31.5 Å². The van der Waals surface area contributed by atoms with E-state index < -0.39 is 10.8 Å². The number of rotatable bonds is 7. The molecule has 156 valence electrons. The Bertz CT molecular complexity index is 1000. The summed E-state index contributed by atoms with van der Waals surface area (Å²) in [6.07, 6.45) is 3.38. The van der Waals surface area contributed by atoms with Gasteiger partial charge in [-0.05, 0) is 24.1 Å². The minimum atomic E-state index is -0.523. The van der Waals surface area contributed by atoms with E-state index in [9.17, 15) is 19.7 Å². The zero-order chi connectivity index (χ0) is 21.5. The first-order chi connectivity index (χ1) is 14.5. The smallest absolute Gasteiger partial charge is 0.270 e. The molecule has 9 heteroatoms. The highest BCUT2D eigenvalue weighted by atomic mass is 16.7. The Balaban J connectivity index is 1.63. The summed E-state index contributed by atoms with van der Waals surface area (Å²) in [5.41, 5.74) is 2.49. The number of hydrogen-bond donors (Lipinski definition) is 2. The van der Waals surface area contributed by atoms with Crippen LogP contribution < -0.4 is 15.4 Å². The second-order valence-corrected chi connectivity index (χ2v) is 6.50. The lowest BCUT2D eigenvalue weighted by Crippen LogP contribution is -2.31. The third kappa shape index (κ3) is 5.21. The minimum Gasteiger partial charge on any atom is -0.467 e. The highest BCUT2D eigenvalue weighted by Gasteiger charge is 2.19. The van der Waals surface area contributed by atoms with Gasteiger partial charge >= 0.3 is 0 Å². The number of carbonyl (C=O) groups is 2. The van der Waals surface area contributed by atoms with Gasteiger partial charge in [0.2, 0.25) is 11.8 Å². The average Bonchev–Trinajstić information content (AvgIpc) is 2.76. The fraction of sp³-hybridized carbons (Fsp3) is 0.238. The van der Waals surface area contributed by atoms with Crippen molar-refractivity contribution in [3.63, 3.8) is 0 Å². The van der Waals surface area contributed by atoms with Gasteiger partial charge in [-0.1, -0.05) is 25.1 Å². The van der Waals surface area contributed by atoms with Crippen LogP contribution in [0.25, 0.3) is 6.08 Å². The normalized spacial score (nSPS) is 12.7. The molecule has 1 heterocycles. The molecular weight excluding hydrogens is 390 g/mol. The van der Waals surface area contributed by atoms with Crippen molar-refractivity contribution in [2.45, 2.75) is 20.0 Å². The van der Waals surface area contributed by atoms with Gasteiger partial charge in [-0.3, -0.25) is 19.7 Å². The lowest BCUT2D eigenvalue weighted by atomic mass is 10.1. The third-order valence-corrected chi connectivity index (χ3v) is 4.44. The molecule has 0 radical (unpaired) electrons. The monoisotopic (exact) mass is 411 g/mol. The molecule has 0 saturated heterocycles. The van der Waals surface area contributed by atoms with Gasteiger partial charge in [-0.2, -0.15) is 0 Å². The standard InChI is InChI=1S/C21H21N3O6/c1-2-14-5-3-4-6-18(14)23-20(26)11-22-19(25)8-7-15-9-17(24(27)28)10-16-12-29-13-30-21(15)16/h3-10H,2,11-13H2,1H3,(H,22,25)(H,23,26)/b8-7+. The molecular formula is C21H21N3O6. The van der Waals surface area contributed by atoms with Crippen LogP contribution in [0.15, 0.2) is 42.5 Å². The molecule has 0 spiro atoms. The van der Waals surface area contributed by atoms with Gasteiger partial charge < -0.3 is 20.1 Å². The Morgan fingerprint density at radius 1 is 1.27 bits per heavy atom. The first-order valence-corrected chi connectivity index (χ1v) is 9.33. The van der Waals surface area contributed by atoms with Crippen LogP contribution >= 0.6 is 0 Å². The Morgan fingerprint density at radius 3 is 2.83 bits per heavy atom. The number of carbonyl (C=O) groups excluding carboxylic acids is 2. The van der Waals surface area contributed by atoms with Crippen LogP contribution in [0.1, 0.15) is 23.6 Å². The number of para-hydroxylation sites is 1. The van der Waals surface area contributed by atoms with Crippen LogP contribution in [0.2, 0.25) is 0 Å². The van der Waals surface area contributed by atoms with Gasteiger partial charge in [0.25, 0.3) is 5.69 Å². The molecule has 0 fully saturated rings. The van der Waals surface area contributed by atoms with E-state index in [1.807, 2.05) is 25.1 Å². The number of benzene rings is 2. The van der Waals surface area contributed by atoms with Gasteiger partial charge in [0, 0.05) is 35.0 Å². The van der Waals surface area contributed by atoms with E-state index in [0.717, 1.165) is 12.0 Å². The second-order valence-electron chi connectivity index (χ2n) is 6.50. The summed E-state index contributed by atoms with van der Waals surface area (Å²) in [7, 11) is 0. The van der Waals surface area contributed by atoms with Crippen LogP contribution in [-0.4, -0.2) is 30.1 Å². The van der Waals surface area contributed by atoms with E-state index in [1.54, 1.807) is 6.07 Å². The van der Waals surface area contributed by atoms with Crippen molar-refractivity contribution < 1.29 is 24.0 Å². The molecule has 2 aromatic carbocycles. The van der Waals surface area contributed by atoms with Crippen LogP contribution in [0, 0.1) is 10.1 Å². The van der Waals surface area contributed by atoms with Crippen LogP contribution in [0.3, 0.4) is 0 Å². The first-order valence-electron chi connectivity index (χ1n) is 9.33. The molecule has 2 N–H and O–H groups in total. The Morgan fingerprint density at radius 2 is 2.07 bits per heavy atom. The SMILES string of the molecule is CCc1ccccc1NC(=O)CNC(=O)/C=C/c1cc([N+](=O)[O-])cc2c1OCOC2. The Kier molecular flexibility index (Phi) is 6.76. The number of non-ortho nitro benzene ring substituents is 1. The van der Waals surface area contributed by atoms with Crippen molar-refractivity contribution in [1.82, 2.24) is 5.32 Å². The Hall–Kier alpha value is -3.72. The number of amides is 2. The van der Waals surface area contributed by atoms with Crippen molar-refractivity contribution in [2.24, 2.45) is 0 Å². The molecule has 0 aliphatic carbocycles. The van der Waals surface area contributed by atoms with Crippen LogP contribution in [-0.2, 0) is 27.4 Å². The summed E-state index contributed by atoms with van der Waals surface area (Å²) < 4.78 is 10.6. The molecule has 2 aromatic rings. The minimum absolute atomic E-state index is 0.0251. The summed E-state index contributed by atoms with van der Waals surface area (Å²) in [5, 5.41) is 16.4. The maximum Gasteiger partial charge on any atom is 0.270 e. The van der Waals surface area contributed by atoms with Crippen LogP contribution in [0.5, 0.6) is 5.75 Å². The largest absolute Gasteiger partial charge is 0.467 e. The lowest BCUT2D eigenvalue weighted by molar-refractivity contribution is -0.385. The predicted molar refractivity (Wildman–Crippen MR) is 110 cm³/mol. The molecule has 0 bridgehead atoms. The summed E-state index contributed by atoms with van der Waals surface area (Å²) in [6.45, 7) is 1.99. The van der Waals surface area contributed by atoms with Crippen molar-refractivity contribution in [3.8, 4) is 5.75 Å². The molecule has 2 amide bonds. The van der Waals surface area contributed by atoms with Crippen molar-refractivity contribution in [3.05, 3.63) is 69.3 Å². The van der Waals surface area contributed by atoms with Gasteiger partial charge in [0.1, 0.15) is 5.75 Å². The fourth-order valence-electron chi connectivity index (χ4n) is 3.00. The van der Waals surface area contributed by atoms with E-state index in [1.165, 1.54) is 24.3 Å². The number of hydrogen-bond acceptors (Lipinski definition) is 6. The summed E-state index contributed by atoms with van der Waals surface area (Å²) in [6, 6.07) is 10.1. The maximum absolute atomic E-state index is 12.1. The third-order valence-electron chi connectivity index (χ3n) is 4.44. The van der Waals surface area contributed by atoms with Gasteiger partial charge in [0.15, 0.2) is 6.79 Å². The highest BCUT2D eigenvalue weighted by molar-refractivity contribution is 5.98. The van der Waals surface area contributed by atoms with Gasteiger partial charge in [-0.15, -0.1) is 0 Å². The van der Waals surface area contributed by atoms with E-state index in [4.69, 9.17) is 9.47 Å². The first kappa shape index (κ1) is 21.0. The zero-order valence-electron chi connectivity index (χ0n) is 16.3. The number of fused-ring (bicyclic) bond motifs is 1. The number of aryl methyl sites for hydroxylation is 1. The molecule has 1 aliphatic heterocycles. The number of nitro groups is 1. The number of nitrogens with zero attached hydrogens (tertiary/aromatic N) is 1. The summed E-state index contributed by atoms with van der Waals surface area (Å²) in [4.78, 5) is 34.8. The molecule has 1 aliphatic rings. The lowest BCUT2D eigenvalue weighted by Gasteiger charge is -2.19. The molecule has 0 atom stereocenters. The molecule has 0 saturated carbocycles. The van der Waals surface area contributed by atoms with Gasteiger partial charge in [-0.25, -0.2) is 0 Å². The van der Waals surface area contributed by atoms with E-state index in [2.05, 4.69) is 10.6 Å². The zero-order valence-corrected chi connectivity index (χ0v) is 16.3. The molecule has 9 nitrogen and oxygen atoms in total. The van der Waals surface area contributed by atoms with Crippen molar-refractivity contribution in [2.75, 3.05) is 18.7 Å². The van der Waals surface area contributed by atoms with Gasteiger partial charge in [0.05, 0.1) is 18.1 Å². The van der Waals surface area contributed by atoms with E-state index >= 15 is 0 Å². The topological polar surface area (TPSA) is 120 Å². The van der Waals surface area contributed by atoms with Crippen LogP contribution in [0.4, 0.5) is 11.4 Å². The molecule has 0 aromatic heterocycles. The predicted octanol–water partition coefficient (Wildman–Crippen LogP) is 2.79. The van der Waals surface area contributed by atoms with E-state index in [0.29, 0.717) is 22.6 Å². The number of nitrogens with one attached hydrogen (secondary N) is 2. The Labute approximate surface area is 172 Å². The van der Waals surface area contributed by atoms with Crippen molar-refractivity contribution in [1.29, 1.82) is 0 Å². The second kappa shape index (κ2) is 9.66. The molecule has 3 rings (SSSR count). The number of ether oxygens (including phenoxy) is 2. The molecule has 30 heavy (non-hydrogen) atoms. The van der Waals surface area contributed by atoms with Crippen molar-refractivity contribution >= 4 is 29.3 Å². The molecule has 0 unspecified atom stereocenters. The fourth-order valence-corrected chi connectivity index (χ4v) is 3.00. The summed E-state index contributed by atoms with van der Waals surface area (Å²) in [5.74, 6) is -0.433. The summed E-state index contributed by atoms with van der Waals surface area (Å²) >= 11 is 0. The number of nitro benzene ring substituents is 1. The quantitative estimate of drug-likeness (QED) is 0.411. The number of anilines is 1. The average molecular weight is 411 g/mol.